The van der Waals surface area contributed by atoms with Crippen LogP contribution in [0.5, 0.6) is 0 Å². The monoisotopic (exact) mass is 413 g/mol. The van der Waals surface area contributed by atoms with Crippen molar-refractivity contribution >= 4 is 10.1 Å². The third-order valence-corrected chi connectivity index (χ3v) is 5.71. The molecule has 0 heterocycles. The summed E-state index contributed by atoms with van der Waals surface area (Å²) in [5, 5.41) is 0. The molecule has 1 unspecified atom stereocenters. The lowest BCUT2D eigenvalue weighted by Crippen LogP contribution is -2.07. The second-order valence-electron chi connectivity index (χ2n) is 7.98. The number of hydrogen-bond acceptors (Lipinski definition) is 3. The van der Waals surface area contributed by atoms with Crippen LogP contribution in [-0.4, -0.2) is 19.0 Å². The molecule has 0 radical (unpaired) electrons. The van der Waals surface area contributed by atoms with Gasteiger partial charge in [0.05, 0.1) is 4.90 Å². The first-order chi connectivity index (χ1) is 13.2. The molecule has 1 atom stereocenters. The summed E-state index contributed by atoms with van der Waals surface area (Å²) in [5.74, 6) is 0.202. The molecule has 1 aromatic rings. The van der Waals surface area contributed by atoms with Crippen molar-refractivity contribution in [2.24, 2.45) is 5.73 Å². The highest BCUT2D eigenvalue weighted by Gasteiger charge is 2.20. The standard InChI is InChI=1S/C20H34O3S.C3H9N/c1-3-5-6-7-8-9-10-11-12-15-18(4-2)19-16-13-14-17-20(19)24(21,22)23;1-3(2)4/h13-14,16-18H,3-12,15H2,1-2H3,(H,21,22,23);3H,4H2,1-2H3. The SMILES string of the molecule is CC(C)N.CCCCCCCCCCCC(CC)c1ccccc1S(=O)(=O)O. The Bertz CT molecular complexity index is 597. The molecule has 5 heteroatoms. The van der Waals surface area contributed by atoms with E-state index in [0.717, 1.165) is 24.8 Å². The van der Waals surface area contributed by atoms with E-state index >= 15 is 0 Å². The van der Waals surface area contributed by atoms with E-state index in [1.165, 1.54) is 57.4 Å². The molecule has 0 aliphatic heterocycles. The predicted octanol–water partition coefficient (Wildman–Crippen LogP) is 6.70. The lowest BCUT2D eigenvalue weighted by molar-refractivity contribution is 0.476. The normalized spacial score (nSPS) is 12.5. The van der Waals surface area contributed by atoms with Crippen molar-refractivity contribution in [1.29, 1.82) is 0 Å². The third-order valence-electron chi connectivity index (χ3n) is 4.79. The zero-order valence-electron chi connectivity index (χ0n) is 18.5. The molecular formula is C23H43NO3S. The van der Waals surface area contributed by atoms with Gasteiger partial charge in [-0.2, -0.15) is 8.42 Å². The maximum absolute atomic E-state index is 11.6. The zero-order chi connectivity index (χ0) is 21.4. The Kier molecular flexibility index (Phi) is 15.4. The van der Waals surface area contributed by atoms with Crippen LogP contribution in [0.4, 0.5) is 0 Å². The Morgan fingerprint density at radius 3 is 1.82 bits per heavy atom. The van der Waals surface area contributed by atoms with Crippen LogP contribution in [-0.2, 0) is 10.1 Å². The van der Waals surface area contributed by atoms with Gasteiger partial charge in [0.2, 0.25) is 0 Å². The first-order valence-electron chi connectivity index (χ1n) is 11.1. The van der Waals surface area contributed by atoms with Gasteiger partial charge in [-0.05, 0) is 36.4 Å². The van der Waals surface area contributed by atoms with E-state index in [9.17, 15) is 13.0 Å². The minimum absolute atomic E-state index is 0.0766. The molecule has 0 saturated heterocycles. The van der Waals surface area contributed by atoms with Crippen LogP contribution < -0.4 is 5.73 Å². The Balaban J connectivity index is 0.00000165. The fourth-order valence-corrected chi connectivity index (χ4v) is 4.12. The molecule has 0 aromatic heterocycles. The highest BCUT2D eigenvalue weighted by molar-refractivity contribution is 7.85. The molecule has 0 aliphatic carbocycles. The summed E-state index contributed by atoms with van der Waals surface area (Å²) >= 11 is 0. The number of hydrogen-bond donors (Lipinski definition) is 2. The first kappa shape index (κ1) is 27.1. The Morgan fingerprint density at radius 2 is 1.36 bits per heavy atom. The summed E-state index contributed by atoms with van der Waals surface area (Å²) in [6.07, 6.45) is 13.5. The Labute approximate surface area is 174 Å². The van der Waals surface area contributed by atoms with Crippen molar-refractivity contribution in [3.05, 3.63) is 29.8 Å². The maximum atomic E-state index is 11.6. The molecule has 0 amide bonds. The molecule has 164 valence electrons. The van der Waals surface area contributed by atoms with Crippen LogP contribution in [0.15, 0.2) is 29.2 Å². The number of rotatable bonds is 13. The quantitative estimate of drug-likeness (QED) is 0.278. The minimum Gasteiger partial charge on any atom is -0.328 e. The smallest absolute Gasteiger partial charge is 0.294 e. The van der Waals surface area contributed by atoms with Crippen molar-refractivity contribution < 1.29 is 13.0 Å². The van der Waals surface area contributed by atoms with Gasteiger partial charge in [0, 0.05) is 0 Å². The Hall–Kier alpha value is -0.910. The van der Waals surface area contributed by atoms with Gasteiger partial charge in [-0.1, -0.05) is 104 Å². The van der Waals surface area contributed by atoms with E-state index in [1.54, 1.807) is 6.07 Å². The summed E-state index contributed by atoms with van der Waals surface area (Å²) in [6, 6.07) is 7.19. The minimum atomic E-state index is -4.14. The summed E-state index contributed by atoms with van der Waals surface area (Å²) in [7, 11) is -4.14. The topological polar surface area (TPSA) is 80.4 Å². The molecule has 0 aliphatic rings. The molecule has 3 N–H and O–H groups in total. The summed E-state index contributed by atoms with van der Waals surface area (Å²) in [4.78, 5) is 0.0766. The molecule has 4 nitrogen and oxygen atoms in total. The highest BCUT2D eigenvalue weighted by Crippen LogP contribution is 2.30. The highest BCUT2D eigenvalue weighted by atomic mass is 32.2. The van der Waals surface area contributed by atoms with Crippen LogP contribution >= 0.6 is 0 Å². The van der Waals surface area contributed by atoms with E-state index < -0.39 is 10.1 Å². The van der Waals surface area contributed by atoms with E-state index in [1.807, 2.05) is 26.0 Å². The Morgan fingerprint density at radius 1 is 0.893 bits per heavy atom. The molecule has 0 spiro atoms. The second kappa shape index (κ2) is 15.9. The maximum Gasteiger partial charge on any atom is 0.294 e. The molecule has 0 fully saturated rings. The lowest BCUT2D eigenvalue weighted by atomic mass is 9.90. The van der Waals surface area contributed by atoms with Gasteiger partial charge >= 0.3 is 0 Å². The van der Waals surface area contributed by atoms with Gasteiger partial charge in [0.15, 0.2) is 0 Å². The molecule has 0 bridgehead atoms. The molecule has 28 heavy (non-hydrogen) atoms. The summed E-state index contributed by atoms with van der Waals surface area (Å²) < 4.78 is 32.5. The predicted molar refractivity (Wildman–Crippen MR) is 120 cm³/mol. The van der Waals surface area contributed by atoms with E-state index in [4.69, 9.17) is 5.73 Å². The van der Waals surface area contributed by atoms with Crippen LogP contribution in [0, 0.1) is 0 Å². The molecular weight excluding hydrogens is 370 g/mol. The van der Waals surface area contributed by atoms with Gasteiger partial charge in [-0.25, -0.2) is 0 Å². The van der Waals surface area contributed by atoms with Crippen LogP contribution in [0.3, 0.4) is 0 Å². The van der Waals surface area contributed by atoms with Gasteiger partial charge < -0.3 is 5.73 Å². The number of nitrogens with two attached hydrogens (primary N) is 1. The summed E-state index contributed by atoms with van der Waals surface area (Å²) in [5.41, 5.74) is 5.88. The van der Waals surface area contributed by atoms with E-state index in [2.05, 4.69) is 13.8 Å². The molecule has 1 rings (SSSR count). The largest absolute Gasteiger partial charge is 0.328 e. The lowest BCUT2D eigenvalue weighted by Gasteiger charge is -2.18. The fraction of sp³-hybridized carbons (Fsp3) is 0.739. The second-order valence-corrected chi connectivity index (χ2v) is 9.37. The van der Waals surface area contributed by atoms with Crippen molar-refractivity contribution in [2.75, 3.05) is 0 Å². The third kappa shape index (κ3) is 13.3. The van der Waals surface area contributed by atoms with Gasteiger partial charge in [0.25, 0.3) is 10.1 Å². The average molecular weight is 414 g/mol. The van der Waals surface area contributed by atoms with Crippen molar-refractivity contribution in [1.82, 2.24) is 0 Å². The van der Waals surface area contributed by atoms with Crippen LogP contribution in [0.25, 0.3) is 0 Å². The van der Waals surface area contributed by atoms with Gasteiger partial charge in [0.1, 0.15) is 0 Å². The molecule has 1 aromatic carbocycles. The zero-order valence-corrected chi connectivity index (χ0v) is 19.3. The summed E-state index contributed by atoms with van der Waals surface area (Å²) in [6.45, 7) is 8.21. The fourth-order valence-electron chi connectivity index (χ4n) is 3.33. The number of benzene rings is 1. The van der Waals surface area contributed by atoms with Gasteiger partial charge in [-0.3, -0.25) is 4.55 Å². The molecule has 0 saturated carbocycles. The van der Waals surface area contributed by atoms with Crippen molar-refractivity contribution in [3.63, 3.8) is 0 Å². The van der Waals surface area contributed by atoms with Crippen LogP contribution in [0.2, 0.25) is 0 Å². The first-order valence-corrected chi connectivity index (χ1v) is 12.5. The van der Waals surface area contributed by atoms with Crippen LogP contribution in [0.1, 0.15) is 110 Å². The van der Waals surface area contributed by atoms with Crippen molar-refractivity contribution in [3.8, 4) is 0 Å². The van der Waals surface area contributed by atoms with E-state index in [-0.39, 0.29) is 10.8 Å². The number of unbranched alkanes of at least 4 members (excludes halogenated alkanes) is 8. The average Bonchev–Trinajstić information content (AvgIpc) is 2.62. The van der Waals surface area contributed by atoms with E-state index in [0.29, 0.717) is 6.04 Å². The van der Waals surface area contributed by atoms with Gasteiger partial charge in [-0.15, -0.1) is 0 Å². The van der Waals surface area contributed by atoms with Crippen molar-refractivity contribution in [2.45, 2.75) is 115 Å².